The summed E-state index contributed by atoms with van der Waals surface area (Å²) in [5, 5.41) is 0. The lowest BCUT2D eigenvalue weighted by Crippen LogP contribution is -2.36. The van der Waals surface area contributed by atoms with Crippen LogP contribution in [0, 0.1) is 0 Å². The van der Waals surface area contributed by atoms with E-state index in [1.807, 2.05) is 30.8 Å². The molecule has 0 N–H and O–H groups in total. The standard InChI is InChI=1S/C21H24N4O3S3/c1-2-28-11-5-8-25-20(27)16(31-21(25)29)14-15-18(23-9-12-30-13-10-23)22-17-6-3-4-7-24(17)19(15)26/h3-4,6-7,14H,2,5,8-13H2,1H3/b16-14-. The van der Waals surface area contributed by atoms with Crippen LogP contribution in [0.3, 0.4) is 0 Å². The van der Waals surface area contributed by atoms with Crippen LogP contribution in [0.4, 0.5) is 5.82 Å². The van der Waals surface area contributed by atoms with Gasteiger partial charge in [-0.05, 0) is 31.6 Å². The summed E-state index contributed by atoms with van der Waals surface area (Å²) in [6.45, 7) is 5.32. The Hall–Kier alpha value is -1.88. The summed E-state index contributed by atoms with van der Waals surface area (Å²) in [5.74, 6) is 2.44. The second-order valence-electron chi connectivity index (χ2n) is 7.07. The van der Waals surface area contributed by atoms with Crippen molar-refractivity contribution >= 4 is 63.5 Å². The Bertz CT molecular complexity index is 1080. The number of carbonyl (C=O) groups is 1. The Morgan fingerprint density at radius 2 is 2.06 bits per heavy atom. The number of ether oxygens (including phenoxy) is 1. The molecular weight excluding hydrogens is 452 g/mol. The van der Waals surface area contributed by atoms with Gasteiger partial charge in [-0.25, -0.2) is 4.98 Å². The van der Waals surface area contributed by atoms with Crippen molar-refractivity contribution in [3.8, 4) is 0 Å². The van der Waals surface area contributed by atoms with Crippen LogP contribution in [0.15, 0.2) is 34.1 Å². The molecule has 4 heterocycles. The first kappa shape index (κ1) is 22.3. The molecule has 2 aliphatic rings. The van der Waals surface area contributed by atoms with Gasteiger partial charge in [-0.2, -0.15) is 11.8 Å². The fourth-order valence-electron chi connectivity index (χ4n) is 3.53. The Balaban J connectivity index is 1.70. The highest BCUT2D eigenvalue weighted by Gasteiger charge is 2.32. The van der Waals surface area contributed by atoms with E-state index in [4.69, 9.17) is 21.9 Å². The minimum Gasteiger partial charge on any atom is -0.382 e. The smallest absolute Gasteiger partial charge is 0.267 e. The zero-order valence-corrected chi connectivity index (χ0v) is 19.7. The highest BCUT2D eigenvalue weighted by atomic mass is 32.2. The summed E-state index contributed by atoms with van der Waals surface area (Å²) in [6.07, 6.45) is 4.09. The monoisotopic (exact) mass is 476 g/mol. The highest BCUT2D eigenvalue weighted by molar-refractivity contribution is 8.26. The third kappa shape index (κ3) is 4.82. The number of rotatable bonds is 7. The first-order chi connectivity index (χ1) is 15.1. The van der Waals surface area contributed by atoms with Crippen molar-refractivity contribution in [2.24, 2.45) is 0 Å². The van der Waals surface area contributed by atoms with Gasteiger partial charge in [-0.1, -0.05) is 30.0 Å². The van der Waals surface area contributed by atoms with Gasteiger partial charge in [-0.3, -0.25) is 18.9 Å². The Kier molecular flexibility index (Phi) is 7.31. The molecule has 31 heavy (non-hydrogen) atoms. The number of fused-ring (bicyclic) bond motifs is 1. The summed E-state index contributed by atoms with van der Waals surface area (Å²) < 4.78 is 7.40. The molecule has 2 aromatic heterocycles. The Morgan fingerprint density at radius 3 is 2.84 bits per heavy atom. The number of thioether (sulfide) groups is 2. The Morgan fingerprint density at radius 1 is 1.26 bits per heavy atom. The molecule has 0 saturated carbocycles. The fourth-order valence-corrected chi connectivity index (χ4v) is 5.72. The van der Waals surface area contributed by atoms with Crippen LogP contribution in [-0.4, -0.2) is 68.9 Å². The summed E-state index contributed by atoms with van der Waals surface area (Å²) in [6, 6.07) is 5.49. The van der Waals surface area contributed by atoms with E-state index in [1.165, 1.54) is 16.2 Å². The molecule has 4 rings (SSSR count). The maximum absolute atomic E-state index is 13.4. The van der Waals surface area contributed by atoms with Gasteiger partial charge in [0.2, 0.25) is 0 Å². The lowest BCUT2D eigenvalue weighted by molar-refractivity contribution is -0.122. The maximum atomic E-state index is 13.4. The number of hydrogen-bond acceptors (Lipinski definition) is 8. The zero-order chi connectivity index (χ0) is 21.8. The van der Waals surface area contributed by atoms with Crippen molar-refractivity contribution in [1.82, 2.24) is 14.3 Å². The van der Waals surface area contributed by atoms with Crippen LogP contribution in [0.25, 0.3) is 11.7 Å². The van der Waals surface area contributed by atoms with E-state index in [-0.39, 0.29) is 11.5 Å². The van der Waals surface area contributed by atoms with Crippen LogP contribution in [0.5, 0.6) is 0 Å². The van der Waals surface area contributed by atoms with Gasteiger partial charge < -0.3 is 9.64 Å². The molecule has 0 atom stereocenters. The van der Waals surface area contributed by atoms with E-state index in [9.17, 15) is 9.59 Å². The minimum absolute atomic E-state index is 0.163. The summed E-state index contributed by atoms with van der Waals surface area (Å²) >= 11 is 8.56. The molecule has 7 nitrogen and oxygen atoms in total. The minimum atomic E-state index is -0.180. The molecular formula is C21H24N4O3S3. The molecule has 0 bridgehead atoms. The number of thiocarbonyl (C=S) groups is 1. The normalized spacial score (nSPS) is 18.5. The zero-order valence-electron chi connectivity index (χ0n) is 17.3. The summed E-state index contributed by atoms with van der Waals surface area (Å²) in [7, 11) is 0. The average Bonchev–Trinajstić information content (AvgIpc) is 3.06. The van der Waals surface area contributed by atoms with Crippen LogP contribution in [0.1, 0.15) is 18.9 Å². The number of nitrogens with zero attached hydrogens (tertiary/aromatic N) is 4. The van der Waals surface area contributed by atoms with Gasteiger partial charge in [0.15, 0.2) is 0 Å². The van der Waals surface area contributed by atoms with E-state index >= 15 is 0 Å². The van der Waals surface area contributed by atoms with Gasteiger partial charge in [-0.15, -0.1) is 0 Å². The van der Waals surface area contributed by atoms with Crippen molar-refractivity contribution in [2.75, 3.05) is 49.3 Å². The average molecular weight is 477 g/mol. The molecule has 2 saturated heterocycles. The topological polar surface area (TPSA) is 67.2 Å². The number of pyridine rings is 1. The second kappa shape index (κ2) is 10.2. The van der Waals surface area contributed by atoms with Crippen molar-refractivity contribution in [3.63, 3.8) is 0 Å². The third-order valence-corrected chi connectivity index (χ3v) is 7.40. The largest absolute Gasteiger partial charge is 0.382 e. The van der Waals surface area contributed by atoms with Crippen LogP contribution < -0.4 is 10.5 Å². The van der Waals surface area contributed by atoms with E-state index in [0.29, 0.717) is 52.4 Å². The van der Waals surface area contributed by atoms with Gasteiger partial charge in [0.25, 0.3) is 11.5 Å². The molecule has 0 unspecified atom stereocenters. The first-order valence-electron chi connectivity index (χ1n) is 10.3. The molecule has 0 spiro atoms. The molecule has 2 aromatic rings. The van der Waals surface area contributed by atoms with Crippen molar-refractivity contribution in [3.05, 3.63) is 45.2 Å². The molecule has 0 radical (unpaired) electrons. The number of hydrogen-bond donors (Lipinski definition) is 0. The molecule has 0 aliphatic carbocycles. The fraction of sp³-hybridized carbons (Fsp3) is 0.429. The number of amides is 1. The van der Waals surface area contributed by atoms with Gasteiger partial charge in [0, 0.05) is 50.6 Å². The Labute approximate surface area is 194 Å². The van der Waals surface area contributed by atoms with Crippen molar-refractivity contribution < 1.29 is 9.53 Å². The quantitative estimate of drug-likeness (QED) is 0.343. The molecule has 1 amide bonds. The molecule has 10 heteroatoms. The molecule has 2 fully saturated rings. The SMILES string of the molecule is CCOCCCN1C(=O)/C(=C/c2c(N3CCSCC3)nc3ccccn3c2=O)SC1=S. The van der Waals surface area contributed by atoms with E-state index < -0.39 is 0 Å². The molecule has 2 aliphatic heterocycles. The number of carbonyl (C=O) groups excluding carboxylic acids is 1. The predicted molar refractivity (Wildman–Crippen MR) is 132 cm³/mol. The van der Waals surface area contributed by atoms with Gasteiger partial charge >= 0.3 is 0 Å². The predicted octanol–water partition coefficient (Wildman–Crippen LogP) is 2.88. The highest BCUT2D eigenvalue weighted by Crippen LogP contribution is 2.33. The molecule has 164 valence electrons. The summed E-state index contributed by atoms with van der Waals surface area (Å²) in [5.41, 5.74) is 0.854. The van der Waals surface area contributed by atoms with Crippen molar-refractivity contribution in [2.45, 2.75) is 13.3 Å². The van der Waals surface area contributed by atoms with E-state index in [0.717, 1.165) is 24.6 Å². The van der Waals surface area contributed by atoms with Gasteiger partial charge in [0.1, 0.15) is 15.8 Å². The van der Waals surface area contributed by atoms with E-state index in [1.54, 1.807) is 23.2 Å². The lowest BCUT2D eigenvalue weighted by atomic mass is 10.2. The maximum Gasteiger partial charge on any atom is 0.267 e. The summed E-state index contributed by atoms with van der Waals surface area (Å²) in [4.78, 5) is 35.3. The van der Waals surface area contributed by atoms with Crippen LogP contribution in [0.2, 0.25) is 0 Å². The number of anilines is 1. The second-order valence-corrected chi connectivity index (χ2v) is 9.97. The van der Waals surface area contributed by atoms with Crippen LogP contribution >= 0.6 is 35.7 Å². The molecule has 0 aromatic carbocycles. The first-order valence-corrected chi connectivity index (χ1v) is 12.7. The van der Waals surface area contributed by atoms with E-state index in [2.05, 4.69) is 4.90 Å². The van der Waals surface area contributed by atoms with Crippen LogP contribution in [-0.2, 0) is 9.53 Å². The van der Waals surface area contributed by atoms with Crippen molar-refractivity contribution in [1.29, 1.82) is 0 Å². The van der Waals surface area contributed by atoms with Gasteiger partial charge in [0.05, 0.1) is 10.5 Å². The lowest BCUT2D eigenvalue weighted by Gasteiger charge is -2.28. The number of aromatic nitrogens is 2. The third-order valence-electron chi connectivity index (χ3n) is 5.08.